The zero-order valence-electron chi connectivity index (χ0n) is 6.40. The fourth-order valence-corrected chi connectivity index (χ4v) is 1.87. The summed E-state index contributed by atoms with van der Waals surface area (Å²) < 4.78 is 1.12. The van der Waals surface area contributed by atoms with Gasteiger partial charge in [0.25, 0.3) is 0 Å². The largest absolute Gasteiger partial charge is 0.0843 e. The number of hydrogen-bond donors (Lipinski definition) is 0. The van der Waals surface area contributed by atoms with Crippen LogP contribution < -0.4 is 0 Å². The van der Waals surface area contributed by atoms with Crippen molar-refractivity contribution in [3.63, 3.8) is 0 Å². The summed E-state index contributed by atoms with van der Waals surface area (Å²) in [5, 5.41) is 0.789. The SMILES string of the molecule is CCCc1ccc(Cl)cc1Br. The zero-order valence-corrected chi connectivity index (χ0v) is 8.74. The number of hydrogen-bond acceptors (Lipinski definition) is 0. The van der Waals surface area contributed by atoms with Gasteiger partial charge < -0.3 is 0 Å². The van der Waals surface area contributed by atoms with Crippen molar-refractivity contribution in [1.82, 2.24) is 0 Å². The molecule has 0 heterocycles. The van der Waals surface area contributed by atoms with Gasteiger partial charge in [0.05, 0.1) is 0 Å². The van der Waals surface area contributed by atoms with Gasteiger partial charge in [0.15, 0.2) is 0 Å². The van der Waals surface area contributed by atoms with Gasteiger partial charge in [0.1, 0.15) is 0 Å². The second-order valence-corrected chi connectivity index (χ2v) is 3.78. The lowest BCUT2D eigenvalue weighted by Gasteiger charge is -2.01. The molecule has 0 aliphatic heterocycles. The molecule has 0 unspecified atom stereocenters. The lowest BCUT2D eigenvalue weighted by atomic mass is 10.1. The van der Waals surface area contributed by atoms with Gasteiger partial charge in [0.2, 0.25) is 0 Å². The number of aryl methyl sites for hydroxylation is 1. The molecule has 0 aliphatic rings. The Kier molecular flexibility index (Phi) is 3.41. The van der Waals surface area contributed by atoms with Gasteiger partial charge in [0, 0.05) is 9.50 Å². The van der Waals surface area contributed by atoms with E-state index in [0.29, 0.717) is 0 Å². The summed E-state index contributed by atoms with van der Waals surface area (Å²) in [5.74, 6) is 0. The zero-order chi connectivity index (χ0) is 8.27. The predicted octanol–water partition coefficient (Wildman–Crippen LogP) is 4.06. The Hall–Kier alpha value is -0.0100. The van der Waals surface area contributed by atoms with E-state index in [0.717, 1.165) is 15.9 Å². The molecule has 1 aromatic carbocycles. The first-order chi connectivity index (χ1) is 5.24. The maximum Gasteiger partial charge on any atom is 0.0417 e. The van der Waals surface area contributed by atoms with E-state index in [9.17, 15) is 0 Å². The molecule has 0 amide bonds. The van der Waals surface area contributed by atoms with Gasteiger partial charge in [-0.1, -0.05) is 46.9 Å². The van der Waals surface area contributed by atoms with Crippen LogP contribution in [-0.4, -0.2) is 0 Å². The first kappa shape index (κ1) is 9.08. The highest BCUT2D eigenvalue weighted by Gasteiger charge is 1.98. The van der Waals surface area contributed by atoms with Crippen LogP contribution in [0.25, 0.3) is 0 Å². The van der Waals surface area contributed by atoms with Crippen LogP contribution in [0.3, 0.4) is 0 Å². The van der Waals surface area contributed by atoms with Crippen molar-refractivity contribution < 1.29 is 0 Å². The summed E-state index contributed by atoms with van der Waals surface area (Å²) in [7, 11) is 0. The van der Waals surface area contributed by atoms with Crippen LogP contribution in [0.4, 0.5) is 0 Å². The predicted molar refractivity (Wildman–Crippen MR) is 53.1 cm³/mol. The topological polar surface area (TPSA) is 0 Å². The molecule has 60 valence electrons. The van der Waals surface area contributed by atoms with E-state index in [4.69, 9.17) is 11.6 Å². The standard InChI is InChI=1S/C9H10BrCl/c1-2-3-7-4-5-8(11)6-9(7)10/h4-6H,2-3H2,1H3. The first-order valence-corrected chi connectivity index (χ1v) is 4.85. The molecule has 0 saturated heterocycles. The van der Waals surface area contributed by atoms with E-state index in [2.05, 4.69) is 28.9 Å². The third kappa shape index (κ3) is 2.49. The highest BCUT2D eigenvalue weighted by molar-refractivity contribution is 9.10. The Labute approximate surface area is 80.7 Å². The van der Waals surface area contributed by atoms with Crippen LogP contribution in [0, 0.1) is 0 Å². The first-order valence-electron chi connectivity index (χ1n) is 3.68. The minimum Gasteiger partial charge on any atom is -0.0843 e. The number of halogens is 2. The van der Waals surface area contributed by atoms with Gasteiger partial charge in [-0.15, -0.1) is 0 Å². The van der Waals surface area contributed by atoms with Crippen molar-refractivity contribution in [3.05, 3.63) is 33.3 Å². The fraction of sp³-hybridized carbons (Fsp3) is 0.333. The molecule has 1 rings (SSSR count). The smallest absolute Gasteiger partial charge is 0.0417 e. The van der Waals surface area contributed by atoms with Crippen molar-refractivity contribution in [3.8, 4) is 0 Å². The second kappa shape index (κ2) is 4.13. The van der Waals surface area contributed by atoms with E-state index < -0.39 is 0 Å². The molecule has 0 saturated carbocycles. The van der Waals surface area contributed by atoms with E-state index >= 15 is 0 Å². The lowest BCUT2D eigenvalue weighted by molar-refractivity contribution is 0.917. The summed E-state index contributed by atoms with van der Waals surface area (Å²) in [4.78, 5) is 0. The molecular weight excluding hydrogens is 223 g/mol. The van der Waals surface area contributed by atoms with E-state index in [-0.39, 0.29) is 0 Å². The molecule has 0 atom stereocenters. The molecule has 11 heavy (non-hydrogen) atoms. The fourth-order valence-electron chi connectivity index (χ4n) is 0.994. The van der Waals surface area contributed by atoms with Gasteiger partial charge in [-0.2, -0.15) is 0 Å². The minimum atomic E-state index is 0.789. The minimum absolute atomic E-state index is 0.789. The normalized spacial score (nSPS) is 10.1. The molecule has 0 nitrogen and oxygen atoms in total. The van der Waals surface area contributed by atoms with Gasteiger partial charge in [-0.3, -0.25) is 0 Å². The molecule has 1 aromatic rings. The monoisotopic (exact) mass is 232 g/mol. The average molecular weight is 234 g/mol. The summed E-state index contributed by atoms with van der Waals surface area (Å²) in [6.45, 7) is 2.17. The lowest BCUT2D eigenvalue weighted by Crippen LogP contribution is -1.83. The Morgan fingerprint density at radius 2 is 2.18 bits per heavy atom. The van der Waals surface area contributed by atoms with Gasteiger partial charge in [-0.05, 0) is 24.1 Å². The van der Waals surface area contributed by atoms with Crippen LogP contribution in [0.15, 0.2) is 22.7 Å². The van der Waals surface area contributed by atoms with Gasteiger partial charge >= 0.3 is 0 Å². The molecule has 0 aromatic heterocycles. The summed E-state index contributed by atoms with van der Waals surface area (Å²) in [5.41, 5.74) is 1.33. The maximum atomic E-state index is 5.79. The molecule has 0 fully saturated rings. The highest BCUT2D eigenvalue weighted by Crippen LogP contribution is 2.22. The Morgan fingerprint density at radius 3 is 2.73 bits per heavy atom. The molecular formula is C9H10BrCl. The molecule has 0 bridgehead atoms. The maximum absolute atomic E-state index is 5.79. The van der Waals surface area contributed by atoms with E-state index in [1.165, 1.54) is 12.0 Å². The number of rotatable bonds is 2. The van der Waals surface area contributed by atoms with Crippen molar-refractivity contribution in [1.29, 1.82) is 0 Å². The third-order valence-corrected chi connectivity index (χ3v) is 2.51. The molecule has 0 spiro atoms. The summed E-state index contributed by atoms with van der Waals surface area (Å²) in [6, 6.07) is 5.93. The van der Waals surface area contributed by atoms with Crippen molar-refractivity contribution in [2.45, 2.75) is 19.8 Å². The average Bonchev–Trinajstić information content (AvgIpc) is 1.95. The summed E-state index contributed by atoms with van der Waals surface area (Å²) in [6.07, 6.45) is 2.28. The van der Waals surface area contributed by atoms with Crippen molar-refractivity contribution in [2.24, 2.45) is 0 Å². The second-order valence-electron chi connectivity index (χ2n) is 2.49. The van der Waals surface area contributed by atoms with Crippen molar-refractivity contribution in [2.75, 3.05) is 0 Å². The van der Waals surface area contributed by atoms with Crippen LogP contribution in [0.1, 0.15) is 18.9 Å². The third-order valence-electron chi connectivity index (χ3n) is 1.53. The molecule has 0 radical (unpaired) electrons. The molecule has 0 N–H and O–H groups in total. The Morgan fingerprint density at radius 1 is 1.45 bits per heavy atom. The van der Waals surface area contributed by atoms with Crippen LogP contribution in [-0.2, 0) is 6.42 Å². The quantitative estimate of drug-likeness (QED) is 0.723. The highest BCUT2D eigenvalue weighted by atomic mass is 79.9. The van der Waals surface area contributed by atoms with Crippen molar-refractivity contribution >= 4 is 27.5 Å². The van der Waals surface area contributed by atoms with E-state index in [1.807, 2.05) is 12.1 Å². The van der Waals surface area contributed by atoms with Crippen LogP contribution in [0.2, 0.25) is 5.02 Å². The Bertz CT molecular complexity index is 245. The Balaban J connectivity index is 2.90. The summed E-state index contributed by atoms with van der Waals surface area (Å²) >= 11 is 9.25. The number of benzene rings is 1. The van der Waals surface area contributed by atoms with Gasteiger partial charge in [-0.25, -0.2) is 0 Å². The van der Waals surface area contributed by atoms with Crippen LogP contribution >= 0.6 is 27.5 Å². The molecule has 2 heteroatoms. The molecule has 0 aliphatic carbocycles. The van der Waals surface area contributed by atoms with E-state index in [1.54, 1.807) is 0 Å². The van der Waals surface area contributed by atoms with Crippen LogP contribution in [0.5, 0.6) is 0 Å².